The number of hydrogen-bond donors (Lipinski definition) is 1. The smallest absolute Gasteiger partial charge is 0.0646 e. The highest BCUT2D eigenvalue weighted by Gasteiger charge is 2.23. The first-order valence-electron chi connectivity index (χ1n) is 6.18. The third-order valence-electron chi connectivity index (χ3n) is 3.42. The zero-order valence-electron chi connectivity index (χ0n) is 10.3. The van der Waals surface area contributed by atoms with Crippen LogP contribution < -0.4 is 5.73 Å². The van der Waals surface area contributed by atoms with Gasteiger partial charge in [0.05, 0.1) is 12.2 Å². The van der Waals surface area contributed by atoms with Gasteiger partial charge in [-0.05, 0) is 33.2 Å². The average molecular weight is 222 g/mol. The van der Waals surface area contributed by atoms with Gasteiger partial charge in [0.25, 0.3) is 0 Å². The summed E-state index contributed by atoms with van der Waals surface area (Å²) >= 11 is 0. The highest BCUT2D eigenvalue weighted by atomic mass is 15.3. The predicted octanol–water partition coefficient (Wildman–Crippen LogP) is 1.39. The molecule has 90 valence electrons. The van der Waals surface area contributed by atoms with Crippen molar-refractivity contribution in [2.75, 3.05) is 13.1 Å². The molecule has 0 aromatic carbocycles. The van der Waals surface area contributed by atoms with E-state index in [-0.39, 0.29) is 0 Å². The monoisotopic (exact) mass is 222 g/mol. The Labute approximate surface area is 97.4 Å². The molecule has 0 spiro atoms. The third kappa shape index (κ3) is 2.44. The van der Waals surface area contributed by atoms with Gasteiger partial charge in [-0.15, -0.1) is 0 Å². The molecule has 2 heterocycles. The lowest BCUT2D eigenvalue weighted by Gasteiger charge is -2.35. The fraction of sp³-hybridized carbons (Fsp3) is 0.750. The van der Waals surface area contributed by atoms with Crippen molar-refractivity contribution in [1.82, 2.24) is 14.7 Å². The van der Waals surface area contributed by atoms with E-state index in [2.05, 4.69) is 34.7 Å². The fourth-order valence-electron chi connectivity index (χ4n) is 2.35. The van der Waals surface area contributed by atoms with Gasteiger partial charge in [0.1, 0.15) is 0 Å². The summed E-state index contributed by atoms with van der Waals surface area (Å²) in [6.45, 7) is 7.44. The largest absolute Gasteiger partial charge is 0.326 e. The van der Waals surface area contributed by atoms with Crippen LogP contribution in [0.5, 0.6) is 0 Å². The zero-order valence-corrected chi connectivity index (χ0v) is 10.3. The molecule has 2 N–H and O–H groups in total. The first-order valence-corrected chi connectivity index (χ1v) is 6.18. The summed E-state index contributed by atoms with van der Waals surface area (Å²) in [6.07, 6.45) is 6.47. The summed E-state index contributed by atoms with van der Waals surface area (Å²) in [4.78, 5) is 2.53. The first-order chi connectivity index (χ1) is 7.70. The Morgan fingerprint density at radius 1 is 1.56 bits per heavy atom. The molecule has 2 rings (SSSR count). The van der Waals surface area contributed by atoms with Gasteiger partial charge in [0.2, 0.25) is 0 Å². The maximum Gasteiger partial charge on any atom is 0.0646 e. The van der Waals surface area contributed by atoms with Crippen LogP contribution in [-0.2, 0) is 6.54 Å². The second-order valence-corrected chi connectivity index (χ2v) is 4.92. The lowest BCUT2D eigenvalue weighted by Crippen LogP contribution is -2.40. The number of aromatic nitrogens is 2. The van der Waals surface area contributed by atoms with Crippen LogP contribution in [0.25, 0.3) is 0 Å². The van der Waals surface area contributed by atoms with Crippen molar-refractivity contribution in [2.45, 2.75) is 45.3 Å². The molecule has 0 aliphatic carbocycles. The Bertz CT molecular complexity index is 332. The number of hydrogen-bond acceptors (Lipinski definition) is 3. The van der Waals surface area contributed by atoms with E-state index in [0.717, 1.165) is 12.1 Å². The Morgan fingerprint density at radius 3 is 3.00 bits per heavy atom. The molecule has 1 unspecified atom stereocenters. The Morgan fingerprint density at radius 2 is 2.38 bits per heavy atom. The molecule has 1 aliphatic rings. The van der Waals surface area contributed by atoms with E-state index in [4.69, 9.17) is 5.73 Å². The second kappa shape index (κ2) is 4.97. The Kier molecular flexibility index (Phi) is 3.61. The number of rotatable bonds is 3. The van der Waals surface area contributed by atoms with Crippen LogP contribution in [0.2, 0.25) is 0 Å². The van der Waals surface area contributed by atoms with Gasteiger partial charge in [-0.2, -0.15) is 5.10 Å². The van der Waals surface area contributed by atoms with Crippen LogP contribution >= 0.6 is 0 Å². The van der Waals surface area contributed by atoms with Crippen LogP contribution in [0.4, 0.5) is 0 Å². The van der Waals surface area contributed by atoms with Gasteiger partial charge in [0, 0.05) is 30.9 Å². The molecule has 0 bridgehead atoms. The number of piperidine rings is 1. The predicted molar refractivity (Wildman–Crippen MR) is 65.1 cm³/mol. The molecule has 0 amide bonds. The van der Waals surface area contributed by atoms with E-state index >= 15 is 0 Å². The summed E-state index contributed by atoms with van der Waals surface area (Å²) < 4.78 is 2.09. The lowest BCUT2D eigenvalue weighted by molar-refractivity contribution is 0.137. The normalized spacial score (nSPS) is 22.9. The molecule has 16 heavy (non-hydrogen) atoms. The molecule has 0 radical (unpaired) electrons. The van der Waals surface area contributed by atoms with Crippen molar-refractivity contribution in [1.29, 1.82) is 0 Å². The molecule has 1 saturated heterocycles. The van der Waals surface area contributed by atoms with Gasteiger partial charge in [-0.1, -0.05) is 0 Å². The van der Waals surface area contributed by atoms with Crippen LogP contribution in [0.15, 0.2) is 12.4 Å². The highest BCUT2D eigenvalue weighted by molar-refractivity contribution is 5.03. The zero-order chi connectivity index (χ0) is 11.5. The first kappa shape index (κ1) is 11.6. The number of nitrogens with two attached hydrogens (primary N) is 1. The van der Waals surface area contributed by atoms with Crippen molar-refractivity contribution in [2.24, 2.45) is 5.73 Å². The molecule has 4 heteroatoms. The average Bonchev–Trinajstić information content (AvgIpc) is 2.77. The molecular formula is C12H22N4. The van der Waals surface area contributed by atoms with E-state index in [1.54, 1.807) is 0 Å². The SMILES string of the molecule is CC(C)N1CCCC(n2cc(CN)cn2)C1. The van der Waals surface area contributed by atoms with E-state index < -0.39 is 0 Å². The quantitative estimate of drug-likeness (QED) is 0.840. The molecular weight excluding hydrogens is 200 g/mol. The molecule has 1 aliphatic heterocycles. The number of nitrogens with zero attached hydrogens (tertiary/aromatic N) is 3. The Balaban J connectivity index is 2.03. The summed E-state index contributed by atoms with van der Waals surface area (Å²) in [6, 6.07) is 1.16. The molecule has 1 fully saturated rings. The van der Waals surface area contributed by atoms with Crippen LogP contribution in [0, 0.1) is 0 Å². The van der Waals surface area contributed by atoms with E-state index in [1.807, 2.05) is 6.20 Å². The molecule has 1 aromatic rings. The van der Waals surface area contributed by atoms with Gasteiger partial charge >= 0.3 is 0 Å². The highest BCUT2D eigenvalue weighted by Crippen LogP contribution is 2.22. The van der Waals surface area contributed by atoms with Crippen molar-refractivity contribution >= 4 is 0 Å². The van der Waals surface area contributed by atoms with Gasteiger partial charge in [0.15, 0.2) is 0 Å². The van der Waals surface area contributed by atoms with Crippen molar-refractivity contribution in [3.05, 3.63) is 18.0 Å². The molecule has 0 saturated carbocycles. The second-order valence-electron chi connectivity index (χ2n) is 4.92. The van der Waals surface area contributed by atoms with Gasteiger partial charge in [-0.25, -0.2) is 0 Å². The molecule has 1 aromatic heterocycles. The fourth-order valence-corrected chi connectivity index (χ4v) is 2.35. The summed E-state index contributed by atoms with van der Waals surface area (Å²) in [7, 11) is 0. The molecule has 4 nitrogen and oxygen atoms in total. The topological polar surface area (TPSA) is 47.1 Å². The minimum Gasteiger partial charge on any atom is -0.326 e. The van der Waals surface area contributed by atoms with E-state index in [9.17, 15) is 0 Å². The van der Waals surface area contributed by atoms with E-state index in [1.165, 1.54) is 19.4 Å². The summed E-state index contributed by atoms with van der Waals surface area (Å²) in [5, 5.41) is 4.41. The Hall–Kier alpha value is -0.870. The maximum absolute atomic E-state index is 5.60. The van der Waals surface area contributed by atoms with Crippen molar-refractivity contribution in [3.8, 4) is 0 Å². The molecule has 1 atom stereocenters. The minimum absolute atomic E-state index is 0.524. The lowest BCUT2D eigenvalue weighted by atomic mass is 10.0. The summed E-state index contributed by atoms with van der Waals surface area (Å²) in [5.41, 5.74) is 6.73. The van der Waals surface area contributed by atoms with Gasteiger partial charge in [-0.3, -0.25) is 9.58 Å². The standard InChI is InChI=1S/C12H22N4/c1-10(2)15-5-3-4-12(9-15)16-8-11(6-13)7-14-16/h7-8,10,12H,3-6,9,13H2,1-2H3. The van der Waals surface area contributed by atoms with E-state index in [0.29, 0.717) is 18.6 Å². The number of likely N-dealkylation sites (tertiary alicyclic amines) is 1. The van der Waals surface area contributed by atoms with Crippen LogP contribution in [0.1, 0.15) is 38.3 Å². The maximum atomic E-state index is 5.60. The van der Waals surface area contributed by atoms with Crippen molar-refractivity contribution in [3.63, 3.8) is 0 Å². The third-order valence-corrected chi connectivity index (χ3v) is 3.42. The van der Waals surface area contributed by atoms with Crippen LogP contribution in [0.3, 0.4) is 0 Å². The van der Waals surface area contributed by atoms with Crippen molar-refractivity contribution < 1.29 is 0 Å². The van der Waals surface area contributed by atoms with Crippen LogP contribution in [-0.4, -0.2) is 33.8 Å². The van der Waals surface area contributed by atoms with Gasteiger partial charge < -0.3 is 5.73 Å². The summed E-state index contributed by atoms with van der Waals surface area (Å²) in [5.74, 6) is 0. The minimum atomic E-state index is 0.524.